The Kier molecular flexibility index (Phi) is 5.15. The van der Waals surface area contributed by atoms with Crippen LogP contribution in [0.1, 0.15) is 11.1 Å². The zero-order chi connectivity index (χ0) is 13.6. The van der Waals surface area contributed by atoms with Crippen molar-refractivity contribution in [1.82, 2.24) is 5.32 Å². The van der Waals surface area contributed by atoms with Crippen LogP contribution >= 0.6 is 0 Å². The molecular formula is C12H14F3NO2. The van der Waals surface area contributed by atoms with E-state index in [2.05, 4.69) is 10.1 Å². The summed E-state index contributed by atoms with van der Waals surface area (Å²) in [5, 5.41) is 2.88. The van der Waals surface area contributed by atoms with Gasteiger partial charge in [0.05, 0.1) is 0 Å². The Morgan fingerprint density at radius 1 is 1.28 bits per heavy atom. The lowest BCUT2D eigenvalue weighted by Gasteiger charge is -2.08. The Hall–Kier alpha value is -1.56. The van der Waals surface area contributed by atoms with Crippen molar-refractivity contribution in [2.45, 2.75) is 19.6 Å². The second kappa shape index (κ2) is 6.39. The first-order valence-corrected chi connectivity index (χ1v) is 5.40. The number of carbonyl (C=O) groups is 1. The molecule has 0 saturated carbocycles. The molecule has 0 spiro atoms. The van der Waals surface area contributed by atoms with E-state index in [1.54, 1.807) is 0 Å². The number of halogens is 3. The minimum atomic E-state index is -4.92. The van der Waals surface area contributed by atoms with Crippen molar-refractivity contribution in [2.24, 2.45) is 0 Å². The predicted molar refractivity (Wildman–Crippen MR) is 59.9 cm³/mol. The Labute approximate surface area is 103 Å². The molecule has 18 heavy (non-hydrogen) atoms. The molecule has 3 nitrogen and oxygen atoms in total. The minimum absolute atomic E-state index is 0.176. The summed E-state index contributed by atoms with van der Waals surface area (Å²) in [4.78, 5) is 10.4. The number of benzene rings is 1. The standard InChI is InChI=1S/C12H14F3NO2/c1-9-2-4-10(5-3-9)8-16-6-7-18-11(17)12(13,14)15/h2-5,16H,6-8H2,1H3. The highest BCUT2D eigenvalue weighted by atomic mass is 19.4. The van der Waals surface area contributed by atoms with Crippen molar-refractivity contribution in [3.63, 3.8) is 0 Å². The lowest BCUT2D eigenvalue weighted by atomic mass is 10.1. The van der Waals surface area contributed by atoms with Crippen LogP contribution in [-0.4, -0.2) is 25.3 Å². The minimum Gasteiger partial charge on any atom is -0.458 e. The highest BCUT2D eigenvalue weighted by Gasteiger charge is 2.40. The van der Waals surface area contributed by atoms with Gasteiger partial charge in [-0.3, -0.25) is 0 Å². The number of ether oxygens (including phenoxy) is 1. The number of aryl methyl sites for hydroxylation is 1. The van der Waals surface area contributed by atoms with Crippen molar-refractivity contribution < 1.29 is 22.7 Å². The molecule has 0 saturated heterocycles. The van der Waals surface area contributed by atoms with E-state index in [-0.39, 0.29) is 13.2 Å². The van der Waals surface area contributed by atoms with Crippen LogP contribution < -0.4 is 5.32 Å². The van der Waals surface area contributed by atoms with Crippen LogP contribution in [0.4, 0.5) is 13.2 Å². The third-order valence-electron chi connectivity index (χ3n) is 2.19. The van der Waals surface area contributed by atoms with Crippen LogP contribution in [-0.2, 0) is 16.1 Å². The number of alkyl halides is 3. The van der Waals surface area contributed by atoms with Crippen LogP contribution in [0.3, 0.4) is 0 Å². The molecule has 1 aromatic rings. The molecule has 1 rings (SSSR count). The number of hydrogen-bond donors (Lipinski definition) is 1. The smallest absolute Gasteiger partial charge is 0.458 e. The van der Waals surface area contributed by atoms with Gasteiger partial charge in [0.1, 0.15) is 6.61 Å². The summed E-state index contributed by atoms with van der Waals surface area (Å²) < 4.78 is 39.3. The van der Waals surface area contributed by atoms with Crippen molar-refractivity contribution in [1.29, 1.82) is 0 Å². The number of esters is 1. The zero-order valence-electron chi connectivity index (χ0n) is 9.88. The molecule has 0 bridgehead atoms. The maximum atomic E-state index is 11.8. The van der Waals surface area contributed by atoms with E-state index in [4.69, 9.17) is 0 Å². The van der Waals surface area contributed by atoms with Gasteiger partial charge in [0.25, 0.3) is 0 Å². The van der Waals surface area contributed by atoms with Crippen molar-refractivity contribution in [3.8, 4) is 0 Å². The molecule has 0 aliphatic rings. The second-order valence-electron chi connectivity index (χ2n) is 3.80. The van der Waals surface area contributed by atoms with E-state index < -0.39 is 12.1 Å². The molecule has 0 aliphatic heterocycles. The van der Waals surface area contributed by atoms with Crippen LogP contribution in [0.15, 0.2) is 24.3 Å². The number of nitrogens with one attached hydrogen (secondary N) is 1. The van der Waals surface area contributed by atoms with Crippen LogP contribution in [0.25, 0.3) is 0 Å². The van der Waals surface area contributed by atoms with E-state index in [0.717, 1.165) is 11.1 Å². The lowest BCUT2D eigenvalue weighted by molar-refractivity contribution is -0.199. The van der Waals surface area contributed by atoms with Gasteiger partial charge in [0.2, 0.25) is 0 Å². The van der Waals surface area contributed by atoms with Crippen molar-refractivity contribution in [3.05, 3.63) is 35.4 Å². The fourth-order valence-electron chi connectivity index (χ4n) is 1.24. The molecule has 6 heteroatoms. The highest BCUT2D eigenvalue weighted by molar-refractivity contribution is 5.75. The summed E-state index contributed by atoms with van der Waals surface area (Å²) in [6, 6.07) is 7.73. The molecule has 0 unspecified atom stereocenters. The molecule has 0 fully saturated rings. The molecule has 0 radical (unpaired) electrons. The van der Waals surface area contributed by atoms with Gasteiger partial charge < -0.3 is 10.1 Å². The van der Waals surface area contributed by atoms with E-state index in [1.165, 1.54) is 0 Å². The van der Waals surface area contributed by atoms with E-state index >= 15 is 0 Å². The van der Waals surface area contributed by atoms with Gasteiger partial charge in [0, 0.05) is 13.1 Å². The van der Waals surface area contributed by atoms with Crippen LogP contribution in [0.5, 0.6) is 0 Å². The fraction of sp³-hybridized carbons (Fsp3) is 0.417. The summed E-state index contributed by atoms with van der Waals surface area (Å²) in [7, 11) is 0. The molecule has 0 aliphatic carbocycles. The predicted octanol–water partition coefficient (Wildman–Crippen LogP) is 2.19. The van der Waals surface area contributed by atoms with Gasteiger partial charge in [-0.1, -0.05) is 29.8 Å². The summed E-state index contributed by atoms with van der Waals surface area (Å²) in [6.07, 6.45) is -4.92. The Bertz CT molecular complexity index is 387. The first-order chi connectivity index (χ1) is 8.39. The lowest BCUT2D eigenvalue weighted by Crippen LogP contribution is -2.29. The van der Waals surface area contributed by atoms with Gasteiger partial charge in [-0.15, -0.1) is 0 Å². The summed E-state index contributed by atoms with van der Waals surface area (Å²) >= 11 is 0. The third kappa shape index (κ3) is 5.18. The number of rotatable bonds is 5. The van der Waals surface area contributed by atoms with E-state index in [9.17, 15) is 18.0 Å². The van der Waals surface area contributed by atoms with Crippen molar-refractivity contribution >= 4 is 5.97 Å². The zero-order valence-corrected chi connectivity index (χ0v) is 9.88. The number of carbonyl (C=O) groups excluding carboxylic acids is 1. The van der Waals surface area contributed by atoms with Gasteiger partial charge >= 0.3 is 12.1 Å². The normalized spacial score (nSPS) is 11.3. The van der Waals surface area contributed by atoms with Gasteiger partial charge in [-0.05, 0) is 12.5 Å². The molecule has 0 heterocycles. The molecule has 0 atom stereocenters. The van der Waals surface area contributed by atoms with Crippen molar-refractivity contribution in [2.75, 3.05) is 13.2 Å². The Morgan fingerprint density at radius 2 is 1.89 bits per heavy atom. The van der Waals surface area contributed by atoms with Crippen LogP contribution in [0.2, 0.25) is 0 Å². The summed E-state index contributed by atoms with van der Waals surface area (Å²) in [5.41, 5.74) is 2.15. The van der Waals surface area contributed by atoms with Crippen LogP contribution in [0, 0.1) is 6.92 Å². The summed E-state index contributed by atoms with van der Waals surface area (Å²) in [6.45, 7) is 2.36. The first kappa shape index (κ1) is 14.5. The average Bonchev–Trinajstić information content (AvgIpc) is 2.29. The van der Waals surface area contributed by atoms with E-state index in [1.807, 2.05) is 31.2 Å². The number of hydrogen-bond acceptors (Lipinski definition) is 3. The Morgan fingerprint density at radius 3 is 2.44 bits per heavy atom. The van der Waals surface area contributed by atoms with Gasteiger partial charge in [0.15, 0.2) is 0 Å². The molecule has 100 valence electrons. The van der Waals surface area contributed by atoms with Gasteiger partial charge in [-0.25, -0.2) is 4.79 Å². The summed E-state index contributed by atoms with van der Waals surface area (Å²) in [5.74, 6) is -2.15. The highest BCUT2D eigenvalue weighted by Crippen LogP contribution is 2.15. The molecule has 0 amide bonds. The topological polar surface area (TPSA) is 38.3 Å². The maximum Gasteiger partial charge on any atom is 0.490 e. The van der Waals surface area contributed by atoms with E-state index in [0.29, 0.717) is 6.54 Å². The first-order valence-electron chi connectivity index (χ1n) is 5.40. The third-order valence-corrected chi connectivity index (χ3v) is 2.19. The molecule has 1 N–H and O–H groups in total. The largest absolute Gasteiger partial charge is 0.490 e. The molecular weight excluding hydrogens is 247 g/mol. The molecule has 1 aromatic carbocycles. The maximum absolute atomic E-state index is 11.8. The quantitative estimate of drug-likeness (QED) is 0.652. The monoisotopic (exact) mass is 261 g/mol. The Balaban J connectivity index is 2.16. The SMILES string of the molecule is Cc1ccc(CNCCOC(=O)C(F)(F)F)cc1. The second-order valence-corrected chi connectivity index (χ2v) is 3.80. The molecule has 0 aromatic heterocycles. The fourth-order valence-corrected chi connectivity index (χ4v) is 1.24. The van der Waals surface area contributed by atoms with Gasteiger partial charge in [-0.2, -0.15) is 13.2 Å². The average molecular weight is 261 g/mol.